The zero-order valence-electron chi connectivity index (χ0n) is 9.84. The quantitative estimate of drug-likeness (QED) is 0.824. The average Bonchev–Trinajstić information content (AvgIpc) is 2.60. The summed E-state index contributed by atoms with van der Waals surface area (Å²) in [6.45, 7) is 4.93. The molecule has 2 aromatic rings. The molecule has 0 saturated carbocycles. The van der Waals surface area contributed by atoms with Gasteiger partial charge in [0.05, 0.1) is 11.0 Å². The Labute approximate surface area is 99.2 Å². The number of nitrogens with zero attached hydrogens (tertiary/aromatic N) is 2. The number of aliphatic carboxylic acids is 1. The highest BCUT2D eigenvalue weighted by Crippen LogP contribution is 2.18. The molecule has 0 radical (unpaired) electrons. The smallest absolute Gasteiger partial charge is 0.328 e. The molecule has 0 atom stereocenters. The van der Waals surface area contributed by atoms with Crippen LogP contribution in [0, 0.1) is 6.92 Å². The average molecular weight is 230 g/mol. The maximum Gasteiger partial charge on any atom is 0.328 e. The van der Waals surface area contributed by atoms with E-state index in [4.69, 9.17) is 5.11 Å². The van der Waals surface area contributed by atoms with Gasteiger partial charge < -0.3 is 9.67 Å². The summed E-state index contributed by atoms with van der Waals surface area (Å²) in [5.41, 5.74) is 2.83. The fourth-order valence-electron chi connectivity index (χ4n) is 1.94. The molecule has 2 rings (SSSR count). The van der Waals surface area contributed by atoms with Crippen molar-refractivity contribution in [1.29, 1.82) is 0 Å². The van der Waals surface area contributed by atoms with E-state index in [0.29, 0.717) is 0 Å². The van der Waals surface area contributed by atoms with Crippen molar-refractivity contribution in [2.24, 2.45) is 0 Å². The van der Waals surface area contributed by atoms with E-state index in [1.807, 2.05) is 25.1 Å². The molecule has 0 unspecified atom stereocenters. The molecule has 0 bridgehead atoms. The van der Waals surface area contributed by atoms with Crippen molar-refractivity contribution < 1.29 is 9.90 Å². The van der Waals surface area contributed by atoms with Crippen LogP contribution >= 0.6 is 0 Å². The van der Waals surface area contributed by atoms with Crippen LogP contribution in [0.4, 0.5) is 0 Å². The predicted molar refractivity (Wildman–Crippen MR) is 66.8 cm³/mol. The molecule has 0 fully saturated rings. The first-order valence-corrected chi connectivity index (χ1v) is 5.49. The van der Waals surface area contributed by atoms with Gasteiger partial charge >= 0.3 is 5.97 Å². The lowest BCUT2D eigenvalue weighted by Gasteiger charge is -2.01. The lowest BCUT2D eigenvalue weighted by Crippen LogP contribution is -1.95. The van der Waals surface area contributed by atoms with Crippen LogP contribution in [-0.2, 0) is 11.3 Å². The van der Waals surface area contributed by atoms with Gasteiger partial charge in [0.1, 0.15) is 5.82 Å². The van der Waals surface area contributed by atoms with Gasteiger partial charge in [0, 0.05) is 12.6 Å². The normalized spacial score (nSPS) is 11.4. The Hall–Kier alpha value is -2.10. The predicted octanol–water partition coefficient (Wildman–Crippen LogP) is 2.46. The summed E-state index contributed by atoms with van der Waals surface area (Å²) < 4.78 is 2.13. The van der Waals surface area contributed by atoms with Crippen molar-refractivity contribution in [2.75, 3.05) is 0 Å². The number of carbonyl (C=O) groups is 1. The van der Waals surface area contributed by atoms with Crippen molar-refractivity contribution in [3.63, 3.8) is 0 Å². The molecule has 0 aliphatic heterocycles. The Balaban J connectivity index is 2.48. The number of benzene rings is 1. The van der Waals surface area contributed by atoms with Crippen LogP contribution in [-0.4, -0.2) is 20.6 Å². The molecule has 17 heavy (non-hydrogen) atoms. The first kappa shape index (κ1) is 11.4. The summed E-state index contributed by atoms with van der Waals surface area (Å²) in [6.07, 6.45) is 2.70. The van der Waals surface area contributed by atoms with Crippen molar-refractivity contribution >= 4 is 23.1 Å². The lowest BCUT2D eigenvalue weighted by atomic mass is 10.2. The summed E-state index contributed by atoms with van der Waals surface area (Å²) in [6, 6.07) is 5.77. The van der Waals surface area contributed by atoms with Crippen LogP contribution in [0.3, 0.4) is 0 Å². The van der Waals surface area contributed by atoms with Gasteiger partial charge in [-0.3, -0.25) is 0 Å². The molecule has 4 heteroatoms. The highest BCUT2D eigenvalue weighted by Gasteiger charge is 2.05. The van der Waals surface area contributed by atoms with Gasteiger partial charge in [0.25, 0.3) is 0 Å². The van der Waals surface area contributed by atoms with E-state index < -0.39 is 5.97 Å². The largest absolute Gasteiger partial charge is 0.478 e. The molecule has 1 aromatic heterocycles. The third-order valence-corrected chi connectivity index (χ3v) is 2.70. The second-order valence-electron chi connectivity index (χ2n) is 3.82. The minimum Gasteiger partial charge on any atom is -0.478 e. The van der Waals surface area contributed by atoms with Crippen molar-refractivity contribution in [2.45, 2.75) is 20.4 Å². The van der Waals surface area contributed by atoms with Gasteiger partial charge in [-0.1, -0.05) is 6.07 Å². The third-order valence-electron chi connectivity index (χ3n) is 2.70. The van der Waals surface area contributed by atoms with Crippen LogP contribution in [0.2, 0.25) is 0 Å². The lowest BCUT2D eigenvalue weighted by molar-refractivity contribution is -0.131. The molecule has 0 amide bonds. The highest BCUT2D eigenvalue weighted by molar-refractivity contribution is 5.87. The van der Waals surface area contributed by atoms with Crippen LogP contribution in [0.5, 0.6) is 0 Å². The molecular weight excluding hydrogens is 216 g/mol. The highest BCUT2D eigenvalue weighted by atomic mass is 16.4. The van der Waals surface area contributed by atoms with E-state index >= 15 is 0 Å². The number of aromatic nitrogens is 2. The summed E-state index contributed by atoms with van der Waals surface area (Å²) in [7, 11) is 0. The maximum atomic E-state index is 10.4. The van der Waals surface area contributed by atoms with Gasteiger partial charge in [0.15, 0.2) is 0 Å². The van der Waals surface area contributed by atoms with Crippen LogP contribution in [0.25, 0.3) is 17.1 Å². The maximum absolute atomic E-state index is 10.4. The molecule has 0 spiro atoms. The fourth-order valence-corrected chi connectivity index (χ4v) is 1.94. The van der Waals surface area contributed by atoms with Gasteiger partial charge in [-0.15, -0.1) is 0 Å². The van der Waals surface area contributed by atoms with E-state index in [1.54, 1.807) is 6.08 Å². The third kappa shape index (κ3) is 2.20. The van der Waals surface area contributed by atoms with Gasteiger partial charge in [0.2, 0.25) is 0 Å². The molecule has 0 aliphatic carbocycles. The molecule has 0 saturated heterocycles. The van der Waals surface area contributed by atoms with Gasteiger partial charge in [-0.25, -0.2) is 9.78 Å². The van der Waals surface area contributed by atoms with Crippen molar-refractivity contribution in [1.82, 2.24) is 9.55 Å². The summed E-state index contributed by atoms with van der Waals surface area (Å²) in [4.78, 5) is 14.9. The Morgan fingerprint density at radius 1 is 1.53 bits per heavy atom. The van der Waals surface area contributed by atoms with E-state index in [0.717, 1.165) is 35.0 Å². The fraction of sp³-hybridized carbons (Fsp3) is 0.231. The number of rotatable bonds is 3. The number of hydrogen-bond acceptors (Lipinski definition) is 2. The van der Waals surface area contributed by atoms with Crippen LogP contribution in [0.1, 0.15) is 18.3 Å². The van der Waals surface area contributed by atoms with E-state index in [9.17, 15) is 4.79 Å². The number of fused-ring (bicyclic) bond motifs is 1. The minimum atomic E-state index is -0.944. The monoisotopic (exact) mass is 230 g/mol. The zero-order chi connectivity index (χ0) is 12.4. The number of imidazole rings is 1. The zero-order valence-corrected chi connectivity index (χ0v) is 9.84. The van der Waals surface area contributed by atoms with E-state index in [1.165, 1.54) is 0 Å². The van der Waals surface area contributed by atoms with Crippen LogP contribution in [0.15, 0.2) is 24.3 Å². The summed E-state index contributed by atoms with van der Waals surface area (Å²) >= 11 is 0. The molecule has 0 aliphatic rings. The number of hydrogen-bond donors (Lipinski definition) is 1. The number of carboxylic acids is 1. The van der Waals surface area contributed by atoms with Crippen molar-refractivity contribution in [3.05, 3.63) is 35.7 Å². The Morgan fingerprint density at radius 2 is 2.29 bits per heavy atom. The van der Waals surface area contributed by atoms with Crippen LogP contribution < -0.4 is 0 Å². The topological polar surface area (TPSA) is 55.1 Å². The van der Waals surface area contributed by atoms with Gasteiger partial charge in [-0.05, 0) is 37.6 Å². The Morgan fingerprint density at radius 3 is 2.94 bits per heavy atom. The number of carboxylic acid groups (broad SMARTS) is 1. The standard InChI is InChI=1S/C13H14N2O2/c1-3-15-9(2)14-11-8-10(4-6-12(11)15)5-7-13(16)17/h4-8H,3H2,1-2H3,(H,16,17)/b7-5+. The molecule has 1 aromatic carbocycles. The summed E-state index contributed by atoms with van der Waals surface area (Å²) in [5.74, 6) is 0.0298. The SMILES string of the molecule is CCn1c(C)nc2cc(/C=C/C(=O)O)ccc21. The molecule has 1 N–H and O–H groups in total. The first-order chi connectivity index (χ1) is 8.11. The Bertz CT molecular complexity index is 597. The summed E-state index contributed by atoms with van der Waals surface area (Å²) in [5, 5.41) is 8.57. The van der Waals surface area contributed by atoms with Gasteiger partial charge in [-0.2, -0.15) is 0 Å². The van der Waals surface area contributed by atoms with E-state index in [-0.39, 0.29) is 0 Å². The second-order valence-corrected chi connectivity index (χ2v) is 3.82. The number of aryl methyl sites for hydroxylation is 2. The first-order valence-electron chi connectivity index (χ1n) is 5.49. The molecule has 1 heterocycles. The van der Waals surface area contributed by atoms with E-state index in [2.05, 4.69) is 16.5 Å². The Kier molecular flexibility index (Phi) is 2.95. The minimum absolute atomic E-state index is 0.848. The molecule has 4 nitrogen and oxygen atoms in total. The van der Waals surface area contributed by atoms with Crippen molar-refractivity contribution in [3.8, 4) is 0 Å². The molecule has 88 valence electrons. The second kappa shape index (κ2) is 4.41. The molecular formula is C13H14N2O2.